The van der Waals surface area contributed by atoms with Gasteiger partial charge in [-0.25, -0.2) is 4.98 Å². The van der Waals surface area contributed by atoms with Gasteiger partial charge in [0.2, 0.25) is 5.91 Å². The predicted molar refractivity (Wildman–Crippen MR) is 101 cm³/mol. The van der Waals surface area contributed by atoms with E-state index in [0.717, 1.165) is 15.8 Å². The molecule has 0 spiro atoms. The third-order valence-electron chi connectivity index (χ3n) is 4.01. The average Bonchev–Trinajstić information content (AvgIpc) is 2.99. The first-order valence-electron chi connectivity index (χ1n) is 7.89. The van der Waals surface area contributed by atoms with Crippen molar-refractivity contribution in [3.05, 3.63) is 47.0 Å². The van der Waals surface area contributed by atoms with Gasteiger partial charge in [0.15, 0.2) is 5.13 Å². The van der Waals surface area contributed by atoms with Crippen LogP contribution in [0.4, 0.5) is 5.13 Å². The minimum Gasteiger partial charge on any atom is -0.495 e. The van der Waals surface area contributed by atoms with Gasteiger partial charge in [0, 0.05) is 0 Å². The quantitative estimate of drug-likeness (QED) is 0.747. The number of benzene rings is 2. The molecule has 1 heterocycles. The van der Waals surface area contributed by atoms with Gasteiger partial charge in [-0.15, -0.1) is 0 Å². The van der Waals surface area contributed by atoms with E-state index in [1.165, 1.54) is 16.9 Å². The lowest BCUT2D eigenvalue weighted by Gasteiger charge is -2.06. The summed E-state index contributed by atoms with van der Waals surface area (Å²) in [5.41, 5.74) is 4.00. The van der Waals surface area contributed by atoms with E-state index in [4.69, 9.17) is 9.47 Å². The largest absolute Gasteiger partial charge is 0.495 e. The van der Waals surface area contributed by atoms with Crippen molar-refractivity contribution in [3.63, 3.8) is 0 Å². The van der Waals surface area contributed by atoms with Crippen molar-refractivity contribution in [2.75, 3.05) is 19.5 Å². The van der Waals surface area contributed by atoms with E-state index in [1.54, 1.807) is 14.2 Å². The number of hydrogen-bond donors (Lipinski definition) is 1. The molecule has 0 bridgehead atoms. The first-order valence-corrected chi connectivity index (χ1v) is 8.71. The van der Waals surface area contributed by atoms with Gasteiger partial charge >= 0.3 is 0 Å². The number of carbonyl (C=O) groups is 1. The van der Waals surface area contributed by atoms with E-state index in [9.17, 15) is 4.79 Å². The van der Waals surface area contributed by atoms with E-state index in [0.29, 0.717) is 28.6 Å². The molecule has 0 saturated heterocycles. The maximum atomic E-state index is 12.4. The molecule has 0 unspecified atom stereocenters. The molecule has 3 rings (SSSR count). The average molecular weight is 356 g/mol. The summed E-state index contributed by atoms with van der Waals surface area (Å²) in [6.45, 7) is 4.06. The first kappa shape index (κ1) is 17.2. The van der Waals surface area contributed by atoms with Crippen LogP contribution in [0.15, 0.2) is 30.3 Å². The summed E-state index contributed by atoms with van der Waals surface area (Å²) in [5.74, 6) is 1.27. The third-order valence-corrected chi connectivity index (χ3v) is 4.99. The number of methoxy groups -OCH3 is 2. The van der Waals surface area contributed by atoms with Crippen LogP contribution < -0.4 is 14.8 Å². The Labute approximate surface area is 150 Å². The summed E-state index contributed by atoms with van der Waals surface area (Å²) >= 11 is 1.38. The Morgan fingerprint density at radius 1 is 1.12 bits per heavy atom. The number of ether oxygens (including phenoxy) is 2. The number of nitrogens with one attached hydrogen (secondary N) is 1. The second-order valence-corrected chi connectivity index (χ2v) is 6.82. The van der Waals surface area contributed by atoms with Gasteiger partial charge in [-0.1, -0.05) is 35.1 Å². The molecule has 130 valence electrons. The van der Waals surface area contributed by atoms with E-state index in [1.807, 2.05) is 38.1 Å². The van der Waals surface area contributed by atoms with Crippen molar-refractivity contribution in [2.24, 2.45) is 0 Å². The van der Waals surface area contributed by atoms with Gasteiger partial charge in [-0.2, -0.15) is 0 Å². The second-order valence-electron chi connectivity index (χ2n) is 5.82. The number of carbonyl (C=O) groups excluding carboxylic acids is 1. The Kier molecular flexibility index (Phi) is 4.90. The van der Waals surface area contributed by atoms with Gasteiger partial charge in [0.25, 0.3) is 0 Å². The molecular weight excluding hydrogens is 336 g/mol. The predicted octanol–water partition coefficient (Wildman–Crippen LogP) is 4.11. The fourth-order valence-electron chi connectivity index (χ4n) is 2.72. The lowest BCUT2D eigenvalue weighted by atomic mass is 10.0. The second kappa shape index (κ2) is 7.11. The van der Waals surface area contributed by atoms with Crippen LogP contribution in [0.5, 0.6) is 11.5 Å². The molecule has 6 heteroatoms. The Morgan fingerprint density at radius 2 is 1.84 bits per heavy atom. The Balaban J connectivity index is 1.83. The van der Waals surface area contributed by atoms with Crippen LogP contribution in [-0.2, 0) is 11.2 Å². The molecule has 0 aliphatic rings. The van der Waals surface area contributed by atoms with Crippen LogP contribution >= 0.6 is 11.3 Å². The Morgan fingerprint density at radius 3 is 2.52 bits per heavy atom. The maximum absolute atomic E-state index is 12.4. The van der Waals surface area contributed by atoms with E-state index in [2.05, 4.69) is 16.4 Å². The number of rotatable bonds is 5. The van der Waals surface area contributed by atoms with Gasteiger partial charge in [0.1, 0.15) is 21.7 Å². The van der Waals surface area contributed by atoms with Crippen LogP contribution in [0.25, 0.3) is 10.2 Å². The lowest BCUT2D eigenvalue weighted by Crippen LogP contribution is -2.14. The highest BCUT2D eigenvalue weighted by Gasteiger charge is 2.15. The molecule has 3 aromatic rings. The molecule has 0 aliphatic heterocycles. The Hall–Kier alpha value is -2.60. The molecule has 2 aromatic carbocycles. The van der Waals surface area contributed by atoms with Crippen molar-refractivity contribution in [1.82, 2.24) is 4.98 Å². The highest BCUT2D eigenvalue weighted by molar-refractivity contribution is 7.22. The molecule has 0 fully saturated rings. The summed E-state index contributed by atoms with van der Waals surface area (Å²) in [6, 6.07) is 9.73. The highest BCUT2D eigenvalue weighted by atomic mass is 32.1. The summed E-state index contributed by atoms with van der Waals surface area (Å²) < 4.78 is 11.6. The number of fused-ring (bicyclic) bond motifs is 1. The Bertz CT molecular complexity index is 893. The number of anilines is 1. The fraction of sp³-hybridized carbons (Fsp3) is 0.263. The van der Waals surface area contributed by atoms with Gasteiger partial charge in [0.05, 0.1) is 20.6 Å². The van der Waals surface area contributed by atoms with Crippen LogP contribution in [0.1, 0.15) is 16.7 Å². The standard InChI is InChI=1S/C19H20N2O3S/c1-11-5-6-13(12(2)9-11)10-16(22)20-19-21-17-14(23-3)7-8-15(24-4)18(17)25-19/h5-9H,10H2,1-4H3,(H,20,21,22). The van der Waals surface area contributed by atoms with Crippen molar-refractivity contribution in [1.29, 1.82) is 0 Å². The molecule has 1 aromatic heterocycles. The normalized spacial score (nSPS) is 10.7. The number of aromatic nitrogens is 1. The zero-order valence-electron chi connectivity index (χ0n) is 14.7. The SMILES string of the molecule is COc1ccc(OC)c2sc(NC(=O)Cc3ccc(C)cc3C)nc12. The smallest absolute Gasteiger partial charge is 0.230 e. The van der Waals surface area contributed by atoms with Crippen molar-refractivity contribution >= 4 is 32.6 Å². The number of amides is 1. The van der Waals surface area contributed by atoms with Gasteiger partial charge in [-0.3, -0.25) is 4.79 Å². The van der Waals surface area contributed by atoms with Gasteiger partial charge in [-0.05, 0) is 37.1 Å². The minimum atomic E-state index is -0.0936. The lowest BCUT2D eigenvalue weighted by molar-refractivity contribution is -0.115. The van der Waals surface area contributed by atoms with E-state index >= 15 is 0 Å². The van der Waals surface area contributed by atoms with E-state index < -0.39 is 0 Å². The van der Waals surface area contributed by atoms with E-state index in [-0.39, 0.29) is 5.91 Å². The molecule has 1 amide bonds. The zero-order valence-corrected chi connectivity index (χ0v) is 15.5. The number of nitrogens with zero attached hydrogens (tertiary/aromatic N) is 1. The first-order chi connectivity index (χ1) is 12.0. The van der Waals surface area contributed by atoms with Crippen LogP contribution in [0.3, 0.4) is 0 Å². The van der Waals surface area contributed by atoms with Crippen molar-refractivity contribution in [3.8, 4) is 11.5 Å². The molecule has 0 saturated carbocycles. The van der Waals surface area contributed by atoms with Gasteiger partial charge < -0.3 is 14.8 Å². The fourth-order valence-corrected chi connectivity index (χ4v) is 3.71. The van der Waals surface area contributed by atoms with Crippen LogP contribution in [-0.4, -0.2) is 25.1 Å². The summed E-state index contributed by atoms with van der Waals surface area (Å²) in [5, 5.41) is 3.42. The van der Waals surface area contributed by atoms with Crippen LogP contribution in [0, 0.1) is 13.8 Å². The third kappa shape index (κ3) is 3.58. The molecule has 1 N–H and O–H groups in total. The molecule has 0 atom stereocenters. The van der Waals surface area contributed by atoms with Crippen LogP contribution in [0.2, 0.25) is 0 Å². The maximum Gasteiger partial charge on any atom is 0.230 e. The van der Waals surface area contributed by atoms with Crippen molar-refractivity contribution in [2.45, 2.75) is 20.3 Å². The molecule has 5 nitrogen and oxygen atoms in total. The molecular formula is C19H20N2O3S. The highest BCUT2D eigenvalue weighted by Crippen LogP contribution is 2.38. The molecule has 0 radical (unpaired) electrons. The monoisotopic (exact) mass is 356 g/mol. The zero-order chi connectivity index (χ0) is 18.0. The number of thiazole rings is 1. The topological polar surface area (TPSA) is 60.5 Å². The summed E-state index contributed by atoms with van der Waals surface area (Å²) in [7, 11) is 3.21. The minimum absolute atomic E-state index is 0.0936. The number of aryl methyl sites for hydroxylation is 2. The molecule has 25 heavy (non-hydrogen) atoms. The number of hydrogen-bond acceptors (Lipinski definition) is 5. The summed E-state index contributed by atoms with van der Waals surface area (Å²) in [6.07, 6.45) is 0.316. The molecule has 0 aliphatic carbocycles. The summed E-state index contributed by atoms with van der Waals surface area (Å²) in [4.78, 5) is 16.9. The van der Waals surface area contributed by atoms with Crippen molar-refractivity contribution < 1.29 is 14.3 Å².